The van der Waals surface area contributed by atoms with Gasteiger partial charge in [0.25, 0.3) is 0 Å². The number of methoxy groups -OCH3 is 1. The van der Waals surface area contributed by atoms with Crippen molar-refractivity contribution in [3.05, 3.63) is 29.3 Å². The number of nitrogens with zero attached hydrogens (tertiary/aromatic N) is 1. The van der Waals surface area contributed by atoms with Gasteiger partial charge in [0, 0.05) is 19.2 Å². The molecule has 0 aliphatic rings. The quantitative estimate of drug-likeness (QED) is 0.846. The highest BCUT2D eigenvalue weighted by molar-refractivity contribution is 5.80. The fourth-order valence-electron chi connectivity index (χ4n) is 1.83. The average Bonchev–Trinajstić information content (AvgIpc) is 2.36. The number of ether oxygens (including phenoxy) is 1. The number of likely N-dealkylation sites (N-methyl/N-ethyl adjacent to an activating group) is 1. The fraction of sp³-hybridized carbons (Fsp3) is 0.429. The summed E-state index contributed by atoms with van der Waals surface area (Å²) < 4.78 is 5.29. The third-order valence-electron chi connectivity index (χ3n) is 2.93. The molecule has 0 spiro atoms. The van der Waals surface area contributed by atoms with Crippen molar-refractivity contribution in [1.29, 1.82) is 0 Å². The van der Waals surface area contributed by atoms with Crippen molar-refractivity contribution in [3.8, 4) is 5.75 Å². The van der Waals surface area contributed by atoms with Crippen LogP contribution in [0.15, 0.2) is 18.2 Å². The zero-order chi connectivity index (χ0) is 14.4. The lowest BCUT2D eigenvalue weighted by molar-refractivity contribution is -0.138. The van der Waals surface area contributed by atoms with Gasteiger partial charge in [-0.3, -0.25) is 9.59 Å². The van der Waals surface area contributed by atoms with E-state index >= 15 is 0 Å². The van der Waals surface area contributed by atoms with Crippen molar-refractivity contribution in [1.82, 2.24) is 4.90 Å². The second-order valence-electron chi connectivity index (χ2n) is 4.40. The number of aliphatic carboxylic acids is 1. The summed E-state index contributed by atoms with van der Waals surface area (Å²) >= 11 is 0. The van der Waals surface area contributed by atoms with Crippen LogP contribution in [0.5, 0.6) is 5.75 Å². The highest BCUT2D eigenvalue weighted by Crippen LogP contribution is 2.23. The SMILES string of the molecule is COc1c(C)cccc1CC(=O)N(C)CCC(=O)O. The first-order chi connectivity index (χ1) is 8.95. The summed E-state index contributed by atoms with van der Waals surface area (Å²) in [6.45, 7) is 2.13. The number of hydrogen-bond acceptors (Lipinski definition) is 3. The van der Waals surface area contributed by atoms with Gasteiger partial charge in [-0.2, -0.15) is 0 Å². The van der Waals surface area contributed by atoms with E-state index in [4.69, 9.17) is 9.84 Å². The number of carboxylic acids is 1. The summed E-state index contributed by atoms with van der Waals surface area (Å²) in [4.78, 5) is 23.9. The largest absolute Gasteiger partial charge is 0.496 e. The third-order valence-corrected chi connectivity index (χ3v) is 2.93. The van der Waals surface area contributed by atoms with Crippen molar-refractivity contribution < 1.29 is 19.4 Å². The molecular formula is C14H19NO4. The topological polar surface area (TPSA) is 66.8 Å². The molecule has 104 valence electrons. The number of hydrogen-bond donors (Lipinski definition) is 1. The Morgan fingerprint density at radius 3 is 2.63 bits per heavy atom. The predicted octanol–water partition coefficient (Wildman–Crippen LogP) is 1.48. The number of aryl methyl sites for hydroxylation is 1. The minimum absolute atomic E-state index is 0.0484. The lowest BCUT2D eigenvalue weighted by Gasteiger charge is -2.17. The van der Waals surface area contributed by atoms with Gasteiger partial charge in [0.1, 0.15) is 5.75 Å². The maximum Gasteiger partial charge on any atom is 0.305 e. The van der Waals surface area contributed by atoms with E-state index in [1.807, 2.05) is 25.1 Å². The molecule has 5 heteroatoms. The number of carbonyl (C=O) groups is 2. The lowest BCUT2D eigenvalue weighted by Crippen LogP contribution is -2.30. The maximum absolute atomic E-state index is 12.0. The molecule has 0 saturated carbocycles. The van der Waals surface area contributed by atoms with Gasteiger partial charge in [0.15, 0.2) is 0 Å². The average molecular weight is 265 g/mol. The van der Waals surface area contributed by atoms with Crippen molar-refractivity contribution in [2.75, 3.05) is 20.7 Å². The number of carboxylic acid groups (broad SMARTS) is 1. The molecule has 0 bridgehead atoms. The van der Waals surface area contributed by atoms with Crippen LogP contribution in [0.1, 0.15) is 17.5 Å². The normalized spacial score (nSPS) is 10.1. The van der Waals surface area contributed by atoms with Crippen molar-refractivity contribution in [2.45, 2.75) is 19.8 Å². The first-order valence-corrected chi connectivity index (χ1v) is 6.04. The minimum atomic E-state index is -0.909. The monoisotopic (exact) mass is 265 g/mol. The van der Waals surface area contributed by atoms with Gasteiger partial charge in [-0.25, -0.2) is 0 Å². The van der Waals surface area contributed by atoms with E-state index in [9.17, 15) is 9.59 Å². The van der Waals surface area contributed by atoms with Gasteiger partial charge in [-0.05, 0) is 12.5 Å². The fourth-order valence-corrected chi connectivity index (χ4v) is 1.83. The van der Waals surface area contributed by atoms with E-state index < -0.39 is 5.97 Å². The van der Waals surface area contributed by atoms with Gasteiger partial charge in [0.2, 0.25) is 5.91 Å². The van der Waals surface area contributed by atoms with E-state index in [0.29, 0.717) is 5.75 Å². The molecule has 0 aliphatic carbocycles. The van der Waals surface area contributed by atoms with Crippen molar-refractivity contribution in [3.63, 3.8) is 0 Å². The Kier molecular flexibility index (Phi) is 5.36. The molecule has 1 aromatic rings. The van der Waals surface area contributed by atoms with Crippen LogP contribution in [0.4, 0.5) is 0 Å². The molecule has 0 aliphatic heterocycles. The molecule has 0 radical (unpaired) electrons. The van der Waals surface area contributed by atoms with Crippen LogP contribution >= 0.6 is 0 Å². The number of rotatable bonds is 6. The Morgan fingerprint density at radius 2 is 2.05 bits per heavy atom. The van der Waals surface area contributed by atoms with E-state index in [-0.39, 0.29) is 25.3 Å². The summed E-state index contributed by atoms with van der Waals surface area (Å²) in [5.41, 5.74) is 1.79. The zero-order valence-electron chi connectivity index (χ0n) is 11.5. The standard InChI is InChI=1S/C14H19NO4/c1-10-5-4-6-11(14(10)19-3)9-12(16)15(2)8-7-13(17)18/h4-6H,7-9H2,1-3H3,(H,17,18). The molecule has 0 saturated heterocycles. The van der Waals surface area contributed by atoms with Crippen LogP contribution < -0.4 is 4.74 Å². The molecule has 0 heterocycles. The van der Waals surface area contributed by atoms with Crippen molar-refractivity contribution in [2.24, 2.45) is 0 Å². The highest BCUT2D eigenvalue weighted by atomic mass is 16.5. The molecule has 0 atom stereocenters. The Balaban J connectivity index is 2.71. The number of para-hydroxylation sites is 1. The third kappa shape index (κ3) is 4.28. The summed E-state index contributed by atoms with van der Waals surface area (Å²) in [5, 5.41) is 8.59. The number of amides is 1. The van der Waals surface area contributed by atoms with Gasteiger partial charge in [-0.1, -0.05) is 18.2 Å². The van der Waals surface area contributed by atoms with E-state index in [2.05, 4.69) is 0 Å². The predicted molar refractivity (Wildman–Crippen MR) is 71.3 cm³/mol. The first kappa shape index (κ1) is 15.0. The van der Waals surface area contributed by atoms with Crippen LogP contribution in [0.25, 0.3) is 0 Å². The molecule has 19 heavy (non-hydrogen) atoms. The summed E-state index contributed by atoms with van der Waals surface area (Å²) in [7, 11) is 3.18. The van der Waals surface area contributed by atoms with E-state index in [1.165, 1.54) is 4.90 Å². The van der Waals surface area contributed by atoms with Crippen LogP contribution in [0.3, 0.4) is 0 Å². The molecule has 1 rings (SSSR count). The summed E-state index contributed by atoms with van der Waals surface area (Å²) in [6.07, 6.45) is 0.161. The molecule has 5 nitrogen and oxygen atoms in total. The van der Waals surface area contributed by atoms with Gasteiger partial charge >= 0.3 is 5.97 Å². The van der Waals surface area contributed by atoms with Gasteiger partial charge in [-0.15, -0.1) is 0 Å². The van der Waals surface area contributed by atoms with E-state index in [0.717, 1.165) is 11.1 Å². The van der Waals surface area contributed by atoms with E-state index in [1.54, 1.807) is 14.2 Å². The Hall–Kier alpha value is -2.04. The molecule has 1 N–H and O–H groups in total. The zero-order valence-corrected chi connectivity index (χ0v) is 11.5. The van der Waals surface area contributed by atoms with Crippen LogP contribution in [-0.2, 0) is 16.0 Å². The Bertz CT molecular complexity index is 471. The number of carbonyl (C=O) groups excluding carboxylic acids is 1. The molecular weight excluding hydrogens is 246 g/mol. The molecule has 0 fully saturated rings. The second kappa shape index (κ2) is 6.78. The van der Waals surface area contributed by atoms with Crippen LogP contribution in [-0.4, -0.2) is 42.6 Å². The Labute approximate surface area is 112 Å². The molecule has 0 aromatic heterocycles. The summed E-state index contributed by atoms with van der Waals surface area (Å²) in [6, 6.07) is 5.63. The number of benzene rings is 1. The van der Waals surface area contributed by atoms with Crippen LogP contribution in [0.2, 0.25) is 0 Å². The molecule has 1 amide bonds. The highest BCUT2D eigenvalue weighted by Gasteiger charge is 2.14. The molecule has 0 unspecified atom stereocenters. The lowest BCUT2D eigenvalue weighted by atomic mass is 10.1. The maximum atomic E-state index is 12.0. The van der Waals surface area contributed by atoms with Crippen LogP contribution in [0, 0.1) is 6.92 Å². The van der Waals surface area contributed by atoms with Gasteiger partial charge < -0.3 is 14.7 Å². The van der Waals surface area contributed by atoms with Gasteiger partial charge in [0.05, 0.1) is 20.0 Å². The minimum Gasteiger partial charge on any atom is -0.496 e. The summed E-state index contributed by atoms with van der Waals surface area (Å²) in [5.74, 6) is -0.319. The van der Waals surface area contributed by atoms with Crippen molar-refractivity contribution >= 4 is 11.9 Å². The Morgan fingerprint density at radius 1 is 1.37 bits per heavy atom. The molecule has 1 aromatic carbocycles. The second-order valence-corrected chi connectivity index (χ2v) is 4.40. The smallest absolute Gasteiger partial charge is 0.305 e. The first-order valence-electron chi connectivity index (χ1n) is 6.04.